The molecule has 0 aromatic heterocycles. The maximum Gasteiger partial charge on any atom is 0.337 e. The van der Waals surface area contributed by atoms with Gasteiger partial charge in [-0.2, -0.15) is 0 Å². The van der Waals surface area contributed by atoms with Gasteiger partial charge in [0, 0.05) is 0 Å². The zero-order valence-corrected chi connectivity index (χ0v) is 9.68. The molecule has 0 aliphatic rings. The molecule has 2 unspecified atom stereocenters. The van der Waals surface area contributed by atoms with Crippen molar-refractivity contribution in [3.05, 3.63) is 35.4 Å². The van der Waals surface area contributed by atoms with Gasteiger partial charge in [-0.25, -0.2) is 4.79 Å². The summed E-state index contributed by atoms with van der Waals surface area (Å²) in [5.74, 6) is -0.925. The van der Waals surface area contributed by atoms with Gasteiger partial charge < -0.3 is 10.2 Å². The van der Waals surface area contributed by atoms with Crippen LogP contribution in [0.25, 0.3) is 0 Å². The highest BCUT2D eigenvalue weighted by atomic mass is 16.4. The molecule has 0 heterocycles. The minimum atomic E-state index is -1.42. The van der Waals surface area contributed by atoms with Crippen molar-refractivity contribution >= 4 is 5.97 Å². The maximum absolute atomic E-state index is 10.8. The van der Waals surface area contributed by atoms with Crippen molar-refractivity contribution in [2.75, 3.05) is 0 Å². The van der Waals surface area contributed by atoms with Gasteiger partial charge in [0.15, 0.2) is 6.10 Å². The molecular weight excluding hydrogens is 204 g/mol. The van der Waals surface area contributed by atoms with Gasteiger partial charge in [-0.3, -0.25) is 0 Å². The van der Waals surface area contributed by atoms with Crippen molar-refractivity contribution < 1.29 is 15.0 Å². The number of aliphatic hydroxyl groups excluding tert-OH is 1. The Morgan fingerprint density at radius 1 is 1.31 bits per heavy atom. The summed E-state index contributed by atoms with van der Waals surface area (Å²) in [4.78, 5) is 10.8. The van der Waals surface area contributed by atoms with Gasteiger partial charge in [-0.05, 0) is 23.5 Å². The molecule has 0 aliphatic heterocycles. The van der Waals surface area contributed by atoms with E-state index in [1.807, 2.05) is 12.1 Å². The van der Waals surface area contributed by atoms with Gasteiger partial charge in [0.25, 0.3) is 0 Å². The number of rotatable bonds is 5. The van der Waals surface area contributed by atoms with Crippen molar-refractivity contribution in [3.8, 4) is 0 Å². The second kappa shape index (κ2) is 5.66. The number of benzene rings is 1. The minimum Gasteiger partial charge on any atom is -0.479 e. The van der Waals surface area contributed by atoms with E-state index in [9.17, 15) is 9.90 Å². The molecule has 0 bridgehead atoms. The summed E-state index contributed by atoms with van der Waals surface area (Å²) in [6.45, 7) is 4.14. The number of carbonyl (C=O) groups is 1. The number of hydrogen-bond donors (Lipinski definition) is 2. The van der Waals surface area contributed by atoms with Gasteiger partial charge >= 0.3 is 5.97 Å². The van der Waals surface area contributed by atoms with E-state index < -0.39 is 12.1 Å². The van der Waals surface area contributed by atoms with Gasteiger partial charge in [0.1, 0.15) is 0 Å². The second-order valence-electron chi connectivity index (χ2n) is 4.06. The van der Waals surface area contributed by atoms with Gasteiger partial charge in [0.2, 0.25) is 0 Å². The molecule has 2 atom stereocenters. The fraction of sp³-hybridized carbons (Fsp3) is 0.462. The number of aliphatic hydroxyl groups is 1. The lowest BCUT2D eigenvalue weighted by Crippen LogP contribution is -2.13. The topological polar surface area (TPSA) is 57.5 Å². The van der Waals surface area contributed by atoms with Crippen molar-refractivity contribution in [2.45, 2.75) is 38.7 Å². The Kier molecular flexibility index (Phi) is 4.50. The highest BCUT2D eigenvalue weighted by Crippen LogP contribution is 2.28. The Hall–Kier alpha value is -1.35. The molecule has 2 N–H and O–H groups in total. The predicted octanol–water partition coefficient (Wildman–Crippen LogP) is 2.71. The van der Waals surface area contributed by atoms with E-state index >= 15 is 0 Å². The SMILES string of the molecule is CCCC(C)c1ccccc1C(O)C(=O)O. The summed E-state index contributed by atoms with van der Waals surface area (Å²) >= 11 is 0. The fourth-order valence-corrected chi connectivity index (χ4v) is 1.93. The maximum atomic E-state index is 10.8. The summed E-state index contributed by atoms with van der Waals surface area (Å²) in [5.41, 5.74) is 1.44. The van der Waals surface area contributed by atoms with Crippen molar-refractivity contribution in [2.24, 2.45) is 0 Å². The predicted molar refractivity (Wildman–Crippen MR) is 62.4 cm³/mol. The van der Waals surface area contributed by atoms with E-state index in [4.69, 9.17) is 5.11 Å². The first kappa shape index (κ1) is 12.7. The molecule has 0 saturated carbocycles. The first-order valence-electron chi connectivity index (χ1n) is 5.57. The standard InChI is InChI=1S/C13H18O3/c1-3-6-9(2)10-7-4-5-8-11(10)12(14)13(15)16/h4-5,7-9,12,14H,3,6H2,1-2H3,(H,15,16). The summed E-state index contributed by atoms with van der Waals surface area (Å²) < 4.78 is 0. The normalized spacial score (nSPS) is 14.4. The van der Waals surface area contributed by atoms with E-state index in [1.165, 1.54) is 0 Å². The van der Waals surface area contributed by atoms with Crippen LogP contribution in [0.4, 0.5) is 0 Å². The molecule has 3 heteroatoms. The van der Waals surface area contributed by atoms with E-state index in [1.54, 1.807) is 12.1 Å². The zero-order chi connectivity index (χ0) is 12.1. The van der Waals surface area contributed by atoms with Crippen LogP contribution >= 0.6 is 0 Å². The lowest BCUT2D eigenvalue weighted by atomic mass is 9.90. The molecule has 3 nitrogen and oxygen atoms in total. The summed E-state index contributed by atoms with van der Waals surface area (Å²) in [7, 11) is 0. The molecular formula is C13H18O3. The van der Waals surface area contributed by atoms with Crippen LogP contribution in [0, 0.1) is 0 Å². The Morgan fingerprint density at radius 3 is 2.38 bits per heavy atom. The van der Waals surface area contributed by atoms with Crippen LogP contribution in [0.5, 0.6) is 0 Å². The van der Waals surface area contributed by atoms with E-state index in [0.717, 1.165) is 18.4 Å². The average Bonchev–Trinajstić information content (AvgIpc) is 2.28. The molecule has 0 amide bonds. The van der Waals surface area contributed by atoms with Crippen LogP contribution in [0.2, 0.25) is 0 Å². The van der Waals surface area contributed by atoms with Gasteiger partial charge in [-0.1, -0.05) is 44.5 Å². The molecule has 0 aliphatic carbocycles. The van der Waals surface area contributed by atoms with Crippen molar-refractivity contribution in [1.29, 1.82) is 0 Å². The summed E-state index contributed by atoms with van der Waals surface area (Å²) in [6.07, 6.45) is 0.609. The molecule has 16 heavy (non-hydrogen) atoms. The monoisotopic (exact) mass is 222 g/mol. The smallest absolute Gasteiger partial charge is 0.337 e. The number of carboxylic acid groups (broad SMARTS) is 1. The molecule has 1 aromatic carbocycles. The lowest BCUT2D eigenvalue weighted by Gasteiger charge is -2.17. The third kappa shape index (κ3) is 2.83. The largest absolute Gasteiger partial charge is 0.479 e. The number of carboxylic acids is 1. The van der Waals surface area contributed by atoms with Crippen LogP contribution in [0.15, 0.2) is 24.3 Å². The molecule has 0 radical (unpaired) electrons. The van der Waals surface area contributed by atoms with Gasteiger partial charge in [-0.15, -0.1) is 0 Å². The third-order valence-corrected chi connectivity index (χ3v) is 2.78. The number of hydrogen-bond acceptors (Lipinski definition) is 2. The average molecular weight is 222 g/mol. The van der Waals surface area contributed by atoms with Crippen molar-refractivity contribution in [1.82, 2.24) is 0 Å². The second-order valence-corrected chi connectivity index (χ2v) is 4.06. The molecule has 0 fully saturated rings. The quantitative estimate of drug-likeness (QED) is 0.805. The third-order valence-electron chi connectivity index (χ3n) is 2.78. The van der Waals surface area contributed by atoms with Crippen LogP contribution in [-0.2, 0) is 4.79 Å². The number of aliphatic carboxylic acids is 1. The highest BCUT2D eigenvalue weighted by molar-refractivity contribution is 5.74. The molecule has 0 saturated heterocycles. The van der Waals surface area contributed by atoms with E-state index in [0.29, 0.717) is 5.56 Å². The minimum absolute atomic E-state index is 0.273. The molecule has 88 valence electrons. The zero-order valence-electron chi connectivity index (χ0n) is 9.68. The molecule has 0 spiro atoms. The Morgan fingerprint density at radius 2 is 1.88 bits per heavy atom. The Labute approximate surface area is 95.7 Å². The molecule has 1 aromatic rings. The van der Waals surface area contributed by atoms with E-state index in [2.05, 4.69) is 13.8 Å². The molecule has 1 rings (SSSR count). The van der Waals surface area contributed by atoms with Crippen molar-refractivity contribution in [3.63, 3.8) is 0 Å². The fourth-order valence-electron chi connectivity index (χ4n) is 1.93. The van der Waals surface area contributed by atoms with Crippen LogP contribution in [0.3, 0.4) is 0 Å². The van der Waals surface area contributed by atoms with Crippen LogP contribution in [0.1, 0.15) is 49.8 Å². The Balaban J connectivity index is 3.04. The summed E-state index contributed by atoms with van der Waals surface area (Å²) in [6, 6.07) is 7.20. The van der Waals surface area contributed by atoms with E-state index in [-0.39, 0.29) is 5.92 Å². The first-order valence-corrected chi connectivity index (χ1v) is 5.57. The Bertz CT molecular complexity index is 360. The van der Waals surface area contributed by atoms with Crippen LogP contribution in [-0.4, -0.2) is 16.2 Å². The lowest BCUT2D eigenvalue weighted by molar-refractivity contribution is -0.147. The van der Waals surface area contributed by atoms with Crippen LogP contribution < -0.4 is 0 Å². The van der Waals surface area contributed by atoms with Gasteiger partial charge in [0.05, 0.1) is 0 Å². The highest BCUT2D eigenvalue weighted by Gasteiger charge is 2.21. The summed E-state index contributed by atoms with van der Waals surface area (Å²) in [5, 5.41) is 18.4. The first-order chi connectivity index (χ1) is 7.57.